The highest BCUT2D eigenvalue weighted by Gasteiger charge is 2.20. The zero-order valence-electron chi connectivity index (χ0n) is 20.4. The van der Waals surface area contributed by atoms with Gasteiger partial charge in [-0.3, -0.25) is 0 Å². The lowest BCUT2D eigenvalue weighted by Crippen LogP contribution is -1.91. The van der Waals surface area contributed by atoms with E-state index in [1.54, 1.807) is 0 Å². The fourth-order valence-electron chi connectivity index (χ4n) is 6.08. The summed E-state index contributed by atoms with van der Waals surface area (Å²) in [6, 6.07) is 45.2. The summed E-state index contributed by atoms with van der Waals surface area (Å²) in [6.45, 7) is 0. The quantitative estimate of drug-likeness (QED) is 0.213. The van der Waals surface area contributed by atoms with E-state index in [4.69, 9.17) is 16.0 Å². The number of rotatable bonds is 2. The van der Waals surface area contributed by atoms with E-state index < -0.39 is 0 Å². The van der Waals surface area contributed by atoms with Crippen LogP contribution in [0, 0.1) is 0 Å². The fourth-order valence-corrected chi connectivity index (χ4v) is 6.24. The molecule has 0 fully saturated rings. The molecule has 7 aromatic carbocycles. The van der Waals surface area contributed by atoms with Crippen LogP contribution in [0.15, 0.2) is 132 Å². The summed E-state index contributed by atoms with van der Waals surface area (Å²) >= 11 is 6.31. The lowest BCUT2D eigenvalue weighted by molar-refractivity contribution is 0.669. The van der Waals surface area contributed by atoms with Crippen molar-refractivity contribution < 1.29 is 4.42 Å². The van der Waals surface area contributed by atoms with Crippen molar-refractivity contribution in [2.45, 2.75) is 0 Å². The number of benzene rings is 7. The van der Waals surface area contributed by atoms with Gasteiger partial charge in [-0.25, -0.2) is 0 Å². The number of furan rings is 1. The second-order valence-corrected chi connectivity index (χ2v) is 10.3. The molecule has 1 nitrogen and oxygen atoms in total. The molecule has 0 saturated heterocycles. The molecule has 0 N–H and O–H groups in total. The summed E-state index contributed by atoms with van der Waals surface area (Å²) in [4.78, 5) is 0. The molecule has 0 aliphatic carbocycles. The third-order valence-corrected chi connectivity index (χ3v) is 7.93. The first kappa shape index (κ1) is 21.5. The maximum Gasteiger partial charge on any atom is 0.136 e. The third-order valence-electron chi connectivity index (χ3n) is 7.70. The highest BCUT2D eigenvalue weighted by molar-refractivity contribution is 6.32. The summed E-state index contributed by atoms with van der Waals surface area (Å²) in [5.74, 6) is 0. The Kier molecular flexibility index (Phi) is 4.64. The Morgan fingerprint density at radius 3 is 1.84 bits per heavy atom. The van der Waals surface area contributed by atoms with E-state index in [0.29, 0.717) is 5.02 Å². The van der Waals surface area contributed by atoms with Gasteiger partial charge in [0.15, 0.2) is 0 Å². The van der Waals surface area contributed by atoms with Crippen LogP contribution in [-0.2, 0) is 0 Å². The number of hydrogen-bond acceptors (Lipinski definition) is 1. The predicted molar refractivity (Wildman–Crippen MR) is 162 cm³/mol. The largest absolute Gasteiger partial charge is 0.456 e. The van der Waals surface area contributed by atoms with E-state index in [9.17, 15) is 0 Å². The van der Waals surface area contributed by atoms with Crippen molar-refractivity contribution in [3.8, 4) is 22.3 Å². The summed E-state index contributed by atoms with van der Waals surface area (Å²) in [7, 11) is 0. The van der Waals surface area contributed by atoms with E-state index in [1.165, 1.54) is 54.6 Å². The van der Waals surface area contributed by atoms with Crippen molar-refractivity contribution in [1.82, 2.24) is 0 Å². The standard InChI is InChI=1S/C36H21ClO/c37-25-18-19-30-33(21-25)38-32-15-7-14-31(36(30)32)35-28-12-5-3-10-26(28)34(27-11-4-6-13-29(27)35)24-17-16-22-8-1-2-9-23(22)20-24/h1-21H. The summed E-state index contributed by atoms with van der Waals surface area (Å²) in [6.07, 6.45) is 0. The van der Waals surface area contributed by atoms with Crippen LogP contribution in [0.25, 0.3) is 76.5 Å². The third kappa shape index (κ3) is 3.13. The molecule has 8 aromatic rings. The molecule has 1 heterocycles. The average molecular weight is 505 g/mol. The molecule has 0 saturated carbocycles. The first-order chi connectivity index (χ1) is 18.8. The van der Waals surface area contributed by atoms with Gasteiger partial charge in [-0.1, -0.05) is 109 Å². The number of fused-ring (bicyclic) bond motifs is 6. The van der Waals surface area contributed by atoms with Crippen molar-refractivity contribution >= 4 is 65.9 Å². The van der Waals surface area contributed by atoms with Crippen LogP contribution in [0.3, 0.4) is 0 Å². The zero-order valence-corrected chi connectivity index (χ0v) is 21.2. The monoisotopic (exact) mass is 504 g/mol. The molecule has 38 heavy (non-hydrogen) atoms. The fraction of sp³-hybridized carbons (Fsp3) is 0. The molecule has 0 unspecified atom stereocenters. The second kappa shape index (κ2) is 8.21. The molecule has 0 aliphatic heterocycles. The van der Waals surface area contributed by atoms with Crippen LogP contribution < -0.4 is 0 Å². The molecular weight excluding hydrogens is 484 g/mol. The Bertz CT molecular complexity index is 2150. The zero-order chi connectivity index (χ0) is 25.2. The van der Waals surface area contributed by atoms with Gasteiger partial charge in [-0.15, -0.1) is 0 Å². The van der Waals surface area contributed by atoms with E-state index >= 15 is 0 Å². The predicted octanol–water partition coefficient (Wildman–Crippen LogP) is 11.0. The molecule has 8 rings (SSSR count). The molecule has 178 valence electrons. The first-order valence-corrected chi connectivity index (χ1v) is 13.2. The molecule has 0 atom stereocenters. The van der Waals surface area contributed by atoms with Gasteiger partial charge >= 0.3 is 0 Å². The van der Waals surface area contributed by atoms with Gasteiger partial charge in [0.05, 0.1) is 0 Å². The molecule has 0 spiro atoms. The topological polar surface area (TPSA) is 13.1 Å². The van der Waals surface area contributed by atoms with Crippen LogP contribution in [0.4, 0.5) is 0 Å². The van der Waals surface area contributed by atoms with Gasteiger partial charge in [0.2, 0.25) is 0 Å². The van der Waals surface area contributed by atoms with Gasteiger partial charge in [-0.05, 0) is 78.8 Å². The van der Waals surface area contributed by atoms with Crippen LogP contribution in [0.5, 0.6) is 0 Å². The Hall–Kier alpha value is -4.59. The molecule has 2 heteroatoms. The summed E-state index contributed by atoms with van der Waals surface area (Å²) in [5.41, 5.74) is 6.56. The first-order valence-electron chi connectivity index (χ1n) is 12.8. The van der Waals surface area contributed by atoms with Gasteiger partial charge < -0.3 is 4.42 Å². The Morgan fingerprint density at radius 1 is 0.447 bits per heavy atom. The molecule has 0 aliphatic rings. The van der Waals surface area contributed by atoms with E-state index in [-0.39, 0.29) is 0 Å². The molecule has 1 aromatic heterocycles. The normalized spacial score (nSPS) is 11.8. The average Bonchev–Trinajstić information content (AvgIpc) is 3.33. The lowest BCUT2D eigenvalue weighted by Gasteiger charge is -2.18. The van der Waals surface area contributed by atoms with Crippen molar-refractivity contribution in [2.24, 2.45) is 0 Å². The minimum absolute atomic E-state index is 0.675. The Labute approximate surface area is 224 Å². The van der Waals surface area contributed by atoms with Crippen LogP contribution >= 0.6 is 11.6 Å². The maximum atomic E-state index is 6.31. The van der Waals surface area contributed by atoms with Crippen LogP contribution in [0.1, 0.15) is 0 Å². The Morgan fingerprint density at radius 2 is 1.11 bits per heavy atom. The van der Waals surface area contributed by atoms with Crippen LogP contribution in [-0.4, -0.2) is 0 Å². The van der Waals surface area contributed by atoms with E-state index in [1.807, 2.05) is 18.2 Å². The van der Waals surface area contributed by atoms with Gasteiger partial charge in [0.25, 0.3) is 0 Å². The van der Waals surface area contributed by atoms with Crippen molar-refractivity contribution in [3.63, 3.8) is 0 Å². The van der Waals surface area contributed by atoms with E-state index in [2.05, 4.69) is 109 Å². The number of hydrogen-bond donors (Lipinski definition) is 0. The SMILES string of the molecule is Clc1ccc2c(c1)oc1cccc(-c3c4ccccc4c(-c4ccc5ccccc5c4)c4ccccc34)c12. The van der Waals surface area contributed by atoms with Crippen LogP contribution in [0.2, 0.25) is 5.02 Å². The number of halogens is 1. The van der Waals surface area contributed by atoms with Gasteiger partial charge in [0.1, 0.15) is 11.2 Å². The van der Waals surface area contributed by atoms with Crippen molar-refractivity contribution in [3.05, 3.63) is 132 Å². The van der Waals surface area contributed by atoms with Crippen molar-refractivity contribution in [1.29, 1.82) is 0 Å². The molecule has 0 radical (unpaired) electrons. The highest BCUT2D eigenvalue weighted by Crippen LogP contribution is 2.47. The lowest BCUT2D eigenvalue weighted by atomic mass is 9.84. The molecular formula is C36H21ClO. The minimum Gasteiger partial charge on any atom is -0.456 e. The smallest absolute Gasteiger partial charge is 0.136 e. The highest BCUT2D eigenvalue weighted by atomic mass is 35.5. The second-order valence-electron chi connectivity index (χ2n) is 9.82. The minimum atomic E-state index is 0.675. The molecule has 0 amide bonds. The van der Waals surface area contributed by atoms with Gasteiger partial charge in [0, 0.05) is 21.9 Å². The van der Waals surface area contributed by atoms with E-state index in [0.717, 1.165) is 21.9 Å². The summed E-state index contributed by atoms with van der Waals surface area (Å²) < 4.78 is 6.27. The summed E-state index contributed by atoms with van der Waals surface area (Å²) in [5, 5.41) is 10.3. The van der Waals surface area contributed by atoms with Gasteiger partial charge in [-0.2, -0.15) is 0 Å². The van der Waals surface area contributed by atoms with Crippen molar-refractivity contribution in [2.75, 3.05) is 0 Å². The Balaban J connectivity index is 1.54. The molecule has 0 bridgehead atoms. The maximum absolute atomic E-state index is 6.31.